The SMILES string of the molecule is CCOC(=O)Cc1cc(C#N)c(C(F)F)nc1CBr. The zero-order valence-electron chi connectivity index (χ0n) is 10.1. The van der Waals surface area contributed by atoms with Gasteiger partial charge in [-0.1, -0.05) is 15.9 Å². The minimum Gasteiger partial charge on any atom is -0.466 e. The number of rotatable bonds is 5. The molecule has 0 aliphatic rings. The van der Waals surface area contributed by atoms with Crippen molar-refractivity contribution in [2.75, 3.05) is 6.61 Å². The lowest BCUT2D eigenvalue weighted by Gasteiger charge is -2.10. The third kappa shape index (κ3) is 3.96. The largest absolute Gasteiger partial charge is 0.466 e. The van der Waals surface area contributed by atoms with Gasteiger partial charge in [0.05, 0.1) is 24.3 Å². The number of nitriles is 1. The Morgan fingerprint density at radius 1 is 1.63 bits per heavy atom. The van der Waals surface area contributed by atoms with Gasteiger partial charge < -0.3 is 4.74 Å². The van der Waals surface area contributed by atoms with Crippen LogP contribution in [0.25, 0.3) is 0 Å². The molecule has 0 aliphatic heterocycles. The molecule has 0 radical (unpaired) electrons. The Morgan fingerprint density at radius 2 is 2.32 bits per heavy atom. The van der Waals surface area contributed by atoms with E-state index in [9.17, 15) is 13.6 Å². The standard InChI is InChI=1S/C12H11BrF2N2O2/c1-2-19-10(18)4-7-3-8(6-16)11(12(14)15)17-9(7)5-13/h3,12H,2,4-5H2,1H3. The second kappa shape index (κ2) is 7.14. The van der Waals surface area contributed by atoms with Crippen molar-refractivity contribution in [1.82, 2.24) is 4.98 Å². The number of ether oxygens (including phenoxy) is 1. The van der Waals surface area contributed by atoms with Crippen molar-refractivity contribution in [2.24, 2.45) is 0 Å². The molecule has 4 nitrogen and oxygen atoms in total. The highest BCUT2D eigenvalue weighted by Gasteiger charge is 2.19. The minimum absolute atomic E-state index is 0.0973. The summed E-state index contributed by atoms with van der Waals surface area (Å²) in [5.41, 5.74) is -0.0674. The molecule has 1 rings (SSSR count). The quantitative estimate of drug-likeness (QED) is 0.614. The maximum Gasteiger partial charge on any atom is 0.310 e. The van der Waals surface area contributed by atoms with Gasteiger partial charge in [-0.15, -0.1) is 0 Å². The van der Waals surface area contributed by atoms with E-state index >= 15 is 0 Å². The topological polar surface area (TPSA) is 63.0 Å². The summed E-state index contributed by atoms with van der Waals surface area (Å²) in [4.78, 5) is 15.2. The predicted octanol–water partition coefficient (Wildman–Crippen LogP) is 2.89. The van der Waals surface area contributed by atoms with Crippen molar-refractivity contribution in [3.05, 3.63) is 28.6 Å². The third-order valence-corrected chi connectivity index (χ3v) is 2.85. The number of carbonyl (C=O) groups excluding carboxylic acids is 1. The molecule has 0 bridgehead atoms. The molecule has 1 heterocycles. The van der Waals surface area contributed by atoms with Gasteiger partial charge in [0.15, 0.2) is 0 Å². The van der Waals surface area contributed by atoms with Crippen molar-refractivity contribution < 1.29 is 18.3 Å². The van der Waals surface area contributed by atoms with Crippen LogP contribution in [-0.2, 0) is 21.3 Å². The zero-order chi connectivity index (χ0) is 14.4. The van der Waals surface area contributed by atoms with Crippen LogP contribution in [0.15, 0.2) is 6.07 Å². The van der Waals surface area contributed by atoms with Crippen LogP contribution in [0.4, 0.5) is 8.78 Å². The van der Waals surface area contributed by atoms with Crippen molar-refractivity contribution in [1.29, 1.82) is 5.26 Å². The molecule has 0 saturated carbocycles. The van der Waals surface area contributed by atoms with E-state index in [1.165, 1.54) is 6.07 Å². The number of aromatic nitrogens is 1. The van der Waals surface area contributed by atoms with Crippen LogP contribution in [0.2, 0.25) is 0 Å². The monoisotopic (exact) mass is 332 g/mol. The number of hydrogen-bond donors (Lipinski definition) is 0. The third-order valence-electron chi connectivity index (χ3n) is 2.31. The molecule has 0 aliphatic carbocycles. The minimum atomic E-state index is -2.83. The Morgan fingerprint density at radius 3 is 2.79 bits per heavy atom. The van der Waals surface area contributed by atoms with Gasteiger partial charge in [0, 0.05) is 5.33 Å². The van der Waals surface area contributed by atoms with Crippen molar-refractivity contribution in [2.45, 2.75) is 25.1 Å². The summed E-state index contributed by atoms with van der Waals surface area (Å²) in [5, 5.41) is 9.06. The average molecular weight is 333 g/mol. The van der Waals surface area contributed by atoms with Gasteiger partial charge in [0.25, 0.3) is 6.43 Å². The van der Waals surface area contributed by atoms with Gasteiger partial charge in [0.1, 0.15) is 11.8 Å². The first-order valence-corrected chi connectivity index (χ1v) is 6.58. The Labute approximate surface area is 117 Å². The maximum atomic E-state index is 12.7. The van der Waals surface area contributed by atoms with Crippen LogP contribution in [-0.4, -0.2) is 17.6 Å². The molecule has 7 heteroatoms. The van der Waals surface area contributed by atoms with E-state index in [1.807, 2.05) is 0 Å². The van der Waals surface area contributed by atoms with Gasteiger partial charge in [-0.2, -0.15) is 5.26 Å². The van der Waals surface area contributed by atoms with Crippen LogP contribution < -0.4 is 0 Å². The highest BCUT2D eigenvalue weighted by molar-refractivity contribution is 9.08. The van der Waals surface area contributed by atoms with E-state index in [0.717, 1.165) is 0 Å². The van der Waals surface area contributed by atoms with E-state index in [0.29, 0.717) is 11.3 Å². The summed E-state index contributed by atoms with van der Waals surface area (Å²) in [7, 11) is 0. The lowest BCUT2D eigenvalue weighted by Crippen LogP contribution is -2.11. The van der Waals surface area contributed by atoms with Gasteiger partial charge in [0.2, 0.25) is 0 Å². The molecule has 1 aromatic heterocycles. The number of pyridine rings is 1. The van der Waals surface area contributed by atoms with Crippen molar-refractivity contribution >= 4 is 21.9 Å². The molecule has 0 aromatic carbocycles. The zero-order valence-corrected chi connectivity index (χ0v) is 11.7. The smallest absolute Gasteiger partial charge is 0.310 e. The number of hydrogen-bond acceptors (Lipinski definition) is 4. The number of halogens is 3. The molecule has 0 spiro atoms. The Hall–Kier alpha value is -1.55. The number of alkyl halides is 3. The van der Waals surface area contributed by atoms with Gasteiger partial charge in [-0.25, -0.2) is 13.8 Å². The van der Waals surface area contributed by atoms with Crippen molar-refractivity contribution in [3.63, 3.8) is 0 Å². The summed E-state index contributed by atoms with van der Waals surface area (Å²) in [5.74, 6) is -0.486. The fourth-order valence-corrected chi connectivity index (χ4v) is 1.99. The highest BCUT2D eigenvalue weighted by atomic mass is 79.9. The molecule has 0 atom stereocenters. The molecule has 0 unspecified atom stereocenters. The van der Waals surface area contributed by atoms with E-state index in [2.05, 4.69) is 20.9 Å². The molecule has 102 valence electrons. The van der Waals surface area contributed by atoms with Gasteiger partial charge >= 0.3 is 5.97 Å². The van der Waals surface area contributed by atoms with Gasteiger partial charge in [-0.3, -0.25) is 4.79 Å². The maximum absolute atomic E-state index is 12.7. The molecule has 0 N–H and O–H groups in total. The highest BCUT2D eigenvalue weighted by Crippen LogP contribution is 2.24. The fourth-order valence-electron chi connectivity index (χ4n) is 1.50. The number of carbonyl (C=O) groups is 1. The van der Waals surface area contributed by atoms with E-state index < -0.39 is 18.1 Å². The second-order valence-electron chi connectivity index (χ2n) is 3.55. The van der Waals surface area contributed by atoms with Crippen molar-refractivity contribution in [3.8, 4) is 6.07 Å². The molecule has 19 heavy (non-hydrogen) atoms. The lowest BCUT2D eigenvalue weighted by molar-refractivity contribution is -0.142. The average Bonchev–Trinajstić information content (AvgIpc) is 2.38. The van der Waals surface area contributed by atoms with E-state index in [-0.39, 0.29) is 23.9 Å². The molecule has 0 amide bonds. The number of nitrogens with zero attached hydrogens (tertiary/aromatic N) is 2. The van der Waals surface area contributed by atoms with Crippen LogP contribution in [0.3, 0.4) is 0 Å². The van der Waals surface area contributed by atoms with Crippen LogP contribution in [0.5, 0.6) is 0 Å². The molecule has 1 aromatic rings. The molecular formula is C12H11BrF2N2O2. The van der Waals surface area contributed by atoms with Crippen LogP contribution >= 0.6 is 15.9 Å². The first-order chi connectivity index (χ1) is 9.03. The summed E-state index contributed by atoms with van der Waals surface area (Å²) in [6.45, 7) is 1.90. The normalized spacial score (nSPS) is 10.3. The van der Waals surface area contributed by atoms with E-state index in [1.54, 1.807) is 13.0 Å². The first kappa shape index (κ1) is 15.5. The Kier molecular flexibility index (Phi) is 5.83. The number of esters is 1. The summed E-state index contributed by atoms with van der Waals surface area (Å²) < 4.78 is 30.2. The Balaban J connectivity index is 3.18. The summed E-state index contributed by atoms with van der Waals surface area (Å²) >= 11 is 3.12. The first-order valence-electron chi connectivity index (χ1n) is 5.46. The lowest BCUT2D eigenvalue weighted by atomic mass is 10.1. The Bertz CT molecular complexity index is 515. The van der Waals surface area contributed by atoms with Crippen LogP contribution in [0, 0.1) is 11.3 Å². The van der Waals surface area contributed by atoms with Gasteiger partial charge in [-0.05, 0) is 18.6 Å². The second-order valence-corrected chi connectivity index (χ2v) is 4.12. The fraction of sp³-hybridized carbons (Fsp3) is 0.417. The molecule has 0 saturated heterocycles. The predicted molar refractivity (Wildman–Crippen MR) is 66.9 cm³/mol. The van der Waals surface area contributed by atoms with E-state index in [4.69, 9.17) is 10.00 Å². The van der Waals surface area contributed by atoms with Crippen LogP contribution in [0.1, 0.15) is 35.9 Å². The molecule has 0 fully saturated rings. The molecular weight excluding hydrogens is 322 g/mol. The summed E-state index contributed by atoms with van der Waals surface area (Å²) in [6, 6.07) is 2.93. The summed E-state index contributed by atoms with van der Waals surface area (Å²) in [6.07, 6.45) is -2.93.